The molecule has 3 nitrogen and oxygen atoms in total. The first-order valence-corrected chi connectivity index (χ1v) is 7.95. The van der Waals surface area contributed by atoms with Crippen LogP contribution in [0, 0.1) is 0 Å². The van der Waals surface area contributed by atoms with Crippen LogP contribution in [0.2, 0.25) is 0 Å². The maximum Gasteiger partial charge on any atom is 0.125 e. The Balaban J connectivity index is 1.89. The summed E-state index contributed by atoms with van der Waals surface area (Å²) in [5.74, 6) is 1.05. The SMILES string of the molecule is CC(NC(c1ccccc1)c1cccs1)c1nccn1C. The fourth-order valence-corrected chi connectivity index (χ4v) is 3.37. The summed E-state index contributed by atoms with van der Waals surface area (Å²) in [5, 5.41) is 5.83. The van der Waals surface area contributed by atoms with Crippen LogP contribution in [0.25, 0.3) is 0 Å². The molecule has 0 aliphatic carbocycles. The van der Waals surface area contributed by atoms with Gasteiger partial charge in [0.05, 0.1) is 12.1 Å². The number of aromatic nitrogens is 2. The molecule has 108 valence electrons. The zero-order valence-corrected chi connectivity index (χ0v) is 13.0. The molecule has 0 radical (unpaired) electrons. The van der Waals surface area contributed by atoms with Crippen LogP contribution in [-0.4, -0.2) is 9.55 Å². The molecule has 3 aromatic rings. The molecule has 0 saturated heterocycles. The number of thiophene rings is 1. The summed E-state index contributed by atoms with van der Waals surface area (Å²) >= 11 is 1.78. The summed E-state index contributed by atoms with van der Waals surface area (Å²) in [4.78, 5) is 5.77. The van der Waals surface area contributed by atoms with E-state index in [1.165, 1.54) is 10.4 Å². The molecule has 21 heavy (non-hydrogen) atoms. The van der Waals surface area contributed by atoms with Gasteiger partial charge in [-0.15, -0.1) is 11.3 Å². The van der Waals surface area contributed by atoms with Crippen molar-refractivity contribution < 1.29 is 0 Å². The first kappa shape index (κ1) is 14.0. The molecule has 1 aromatic carbocycles. The molecule has 1 N–H and O–H groups in total. The zero-order valence-electron chi connectivity index (χ0n) is 12.2. The van der Waals surface area contributed by atoms with Crippen LogP contribution < -0.4 is 5.32 Å². The number of imidazole rings is 1. The van der Waals surface area contributed by atoms with Gasteiger partial charge in [-0.05, 0) is 23.9 Å². The van der Waals surface area contributed by atoms with E-state index in [1.54, 1.807) is 11.3 Å². The number of aryl methyl sites for hydroxylation is 1. The van der Waals surface area contributed by atoms with Gasteiger partial charge in [-0.1, -0.05) is 36.4 Å². The van der Waals surface area contributed by atoms with Crippen LogP contribution in [0.15, 0.2) is 60.2 Å². The third-order valence-corrected chi connectivity index (χ3v) is 4.56. The lowest BCUT2D eigenvalue weighted by Gasteiger charge is -2.23. The molecule has 2 unspecified atom stereocenters. The Morgan fingerprint density at radius 1 is 1.14 bits per heavy atom. The molecule has 2 atom stereocenters. The van der Waals surface area contributed by atoms with E-state index in [1.807, 2.05) is 19.4 Å². The third kappa shape index (κ3) is 3.06. The predicted molar refractivity (Wildman–Crippen MR) is 87.4 cm³/mol. The monoisotopic (exact) mass is 297 g/mol. The highest BCUT2D eigenvalue weighted by molar-refractivity contribution is 7.10. The minimum Gasteiger partial charge on any atom is -0.337 e. The van der Waals surface area contributed by atoms with Gasteiger partial charge < -0.3 is 4.57 Å². The Labute approximate surface area is 129 Å². The molecular weight excluding hydrogens is 278 g/mol. The Hall–Kier alpha value is -1.91. The molecule has 2 aromatic heterocycles. The van der Waals surface area contributed by atoms with Crippen molar-refractivity contribution in [1.82, 2.24) is 14.9 Å². The fourth-order valence-electron chi connectivity index (χ4n) is 2.56. The van der Waals surface area contributed by atoms with Crippen molar-refractivity contribution in [3.05, 3.63) is 76.5 Å². The number of nitrogens with zero attached hydrogens (tertiary/aromatic N) is 2. The van der Waals surface area contributed by atoms with Crippen LogP contribution >= 0.6 is 11.3 Å². The predicted octanol–water partition coefficient (Wildman–Crippen LogP) is 3.92. The highest BCUT2D eigenvalue weighted by atomic mass is 32.1. The van der Waals surface area contributed by atoms with E-state index in [-0.39, 0.29) is 12.1 Å². The van der Waals surface area contributed by atoms with Gasteiger partial charge in [0.25, 0.3) is 0 Å². The minimum absolute atomic E-state index is 0.178. The molecule has 0 spiro atoms. The lowest BCUT2D eigenvalue weighted by atomic mass is 10.0. The second kappa shape index (κ2) is 6.24. The van der Waals surface area contributed by atoms with E-state index in [4.69, 9.17) is 0 Å². The second-order valence-corrected chi connectivity index (χ2v) is 6.12. The van der Waals surface area contributed by atoms with Gasteiger partial charge in [0, 0.05) is 24.3 Å². The summed E-state index contributed by atoms with van der Waals surface area (Å²) in [6, 6.07) is 15.2. The second-order valence-electron chi connectivity index (χ2n) is 5.14. The number of nitrogens with one attached hydrogen (secondary N) is 1. The molecule has 3 rings (SSSR count). The van der Waals surface area contributed by atoms with E-state index in [0.717, 1.165) is 5.82 Å². The Morgan fingerprint density at radius 3 is 2.57 bits per heavy atom. The normalized spacial score (nSPS) is 14.0. The van der Waals surface area contributed by atoms with Gasteiger partial charge in [-0.25, -0.2) is 4.98 Å². The minimum atomic E-state index is 0.178. The van der Waals surface area contributed by atoms with Crippen LogP contribution in [0.4, 0.5) is 0 Å². The molecular formula is C17H19N3S. The van der Waals surface area contributed by atoms with Crippen molar-refractivity contribution in [2.75, 3.05) is 0 Å². The van der Waals surface area contributed by atoms with Crippen molar-refractivity contribution in [1.29, 1.82) is 0 Å². The Kier molecular flexibility index (Phi) is 4.18. The molecule has 0 bridgehead atoms. The molecule has 2 heterocycles. The highest BCUT2D eigenvalue weighted by Crippen LogP contribution is 2.28. The van der Waals surface area contributed by atoms with E-state index >= 15 is 0 Å². The highest BCUT2D eigenvalue weighted by Gasteiger charge is 2.19. The van der Waals surface area contributed by atoms with Gasteiger partial charge in [0.1, 0.15) is 5.82 Å². The van der Waals surface area contributed by atoms with Gasteiger partial charge in [-0.3, -0.25) is 5.32 Å². The van der Waals surface area contributed by atoms with Crippen LogP contribution in [0.1, 0.15) is 35.3 Å². The standard InChI is InChI=1S/C17H19N3S/c1-13(17-18-10-11-20(17)2)19-16(15-9-6-12-21-15)14-7-4-3-5-8-14/h3-13,16,19H,1-2H3. The van der Waals surface area contributed by atoms with Crippen LogP contribution in [0.5, 0.6) is 0 Å². The average molecular weight is 297 g/mol. The van der Waals surface area contributed by atoms with Gasteiger partial charge in [-0.2, -0.15) is 0 Å². The smallest absolute Gasteiger partial charge is 0.125 e. The lowest BCUT2D eigenvalue weighted by Crippen LogP contribution is -2.26. The van der Waals surface area contributed by atoms with E-state index in [0.29, 0.717) is 0 Å². The number of hydrogen-bond donors (Lipinski definition) is 1. The van der Waals surface area contributed by atoms with Crippen LogP contribution in [-0.2, 0) is 7.05 Å². The van der Waals surface area contributed by atoms with Gasteiger partial charge in [0.2, 0.25) is 0 Å². The summed E-state index contributed by atoms with van der Waals surface area (Å²) in [5.41, 5.74) is 1.28. The topological polar surface area (TPSA) is 29.9 Å². The first-order chi connectivity index (χ1) is 10.3. The number of hydrogen-bond acceptors (Lipinski definition) is 3. The third-order valence-electron chi connectivity index (χ3n) is 3.62. The molecule has 0 fully saturated rings. The van der Waals surface area contributed by atoms with Crippen molar-refractivity contribution in [2.24, 2.45) is 7.05 Å². The van der Waals surface area contributed by atoms with Gasteiger partial charge in [0.15, 0.2) is 0 Å². The van der Waals surface area contributed by atoms with E-state index in [9.17, 15) is 0 Å². The lowest BCUT2D eigenvalue weighted by molar-refractivity contribution is 0.489. The molecule has 0 amide bonds. The average Bonchev–Trinajstić information content (AvgIpc) is 3.17. The largest absolute Gasteiger partial charge is 0.337 e. The Morgan fingerprint density at radius 2 is 1.95 bits per heavy atom. The number of rotatable bonds is 5. The fraction of sp³-hybridized carbons (Fsp3) is 0.235. The van der Waals surface area contributed by atoms with Crippen molar-refractivity contribution in [2.45, 2.75) is 19.0 Å². The van der Waals surface area contributed by atoms with E-state index in [2.05, 4.69) is 69.6 Å². The van der Waals surface area contributed by atoms with Crippen molar-refractivity contribution in [3.63, 3.8) is 0 Å². The van der Waals surface area contributed by atoms with Crippen molar-refractivity contribution >= 4 is 11.3 Å². The van der Waals surface area contributed by atoms with E-state index < -0.39 is 0 Å². The Bertz CT molecular complexity index is 673. The molecule has 0 aliphatic heterocycles. The summed E-state index contributed by atoms with van der Waals surface area (Å²) < 4.78 is 2.06. The summed E-state index contributed by atoms with van der Waals surface area (Å²) in [6.07, 6.45) is 3.83. The quantitative estimate of drug-likeness (QED) is 0.773. The molecule has 0 aliphatic rings. The first-order valence-electron chi connectivity index (χ1n) is 7.07. The molecule has 0 saturated carbocycles. The maximum atomic E-state index is 4.45. The zero-order chi connectivity index (χ0) is 14.7. The summed E-state index contributed by atoms with van der Waals surface area (Å²) in [6.45, 7) is 2.16. The van der Waals surface area contributed by atoms with Gasteiger partial charge >= 0.3 is 0 Å². The van der Waals surface area contributed by atoms with Crippen LogP contribution in [0.3, 0.4) is 0 Å². The maximum absolute atomic E-state index is 4.45. The summed E-state index contributed by atoms with van der Waals surface area (Å²) in [7, 11) is 2.03. The van der Waals surface area contributed by atoms with Crippen molar-refractivity contribution in [3.8, 4) is 0 Å². The number of benzene rings is 1. The molecule has 4 heteroatoms.